The van der Waals surface area contributed by atoms with Crippen molar-refractivity contribution in [1.29, 1.82) is 5.26 Å². The van der Waals surface area contributed by atoms with Crippen LogP contribution in [-0.4, -0.2) is 56.1 Å². The minimum absolute atomic E-state index is 0.738. The first-order valence-electron chi connectivity index (χ1n) is 7.38. The molecule has 0 amide bonds. The van der Waals surface area contributed by atoms with E-state index in [2.05, 4.69) is 34.3 Å². The molecule has 0 atom stereocenters. The van der Waals surface area contributed by atoms with Crippen LogP contribution in [0.2, 0.25) is 0 Å². The van der Waals surface area contributed by atoms with Gasteiger partial charge in [-0.15, -0.1) is 0 Å². The second kappa shape index (κ2) is 8.01. The Bertz CT molecular complexity index is 444. The van der Waals surface area contributed by atoms with Gasteiger partial charge in [0.15, 0.2) is 0 Å². The highest BCUT2D eigenvalue weighted by Crippen LogP contribution is 2.04. The largest absolute Gasteiger partial charge is 0.313 e. The van der Waals surface area contributed by atoms with Crippen molar-refractivity contribution in [3.63, 3.8) is 0 Å². The van der Waals surface area contributed by atoms with Crippen molar-refractivity contribution < 1.29 is 0 Å². The molecule has 0 bridgehead atoms. The Morgan fingerprint density at radius 1 is 1.25 bits per heavy atom. The quantitative estimate of drug-likeness (QED) is 0.792. The Morgan fingerprint density at radius 2 is 2.05 bits per heavy atom. The monoisotopic (exact) mass is 272 g/mol. The van der Waals surface area contributed by atoms with Crippen LogP contribution < -0.4 is 5.32 Å². The van der Waals surface area contributed by atoms with E-state index in [-0.39, 0.29) is 0 Å². The summed E-state index contributed by atoms with van der Waals surface area (Å²) in [4.78, 5) is 4.93. The molecule has 1 N–H and O–H groups in total. The third kappa shape index (κ3) is 4.93. The van der Waals surface area contributed by atoms with E-state index in [0.29, 0.717) is 0 Å². The lowest BCUT2D eigenvalue weighted by molar-refractivity contribution is 0.153. The molecule has 0 radical (unpaired) electrons. The maximum Gasteiger partial charge on any atom is 0.0991 e. The van der Waals surface area contributed by atoms with Crippen molar-refractivity contribution >= 4 is 0 Å². The fourth-order valence-corrected chi connectivity index (χ4v) is 2.48. The number of rotatable bonds is 6. The third-order valence-corrected chi connectivity index (χ3v) is 3.81. The second-order valence-corrected chi connectivity index (χ2v) is 5.49. The van der Waals surface area contributed by atoms with E-state index in [4.69, 9.17) is 5.26 Å². The summed E-state index contributed by atoms with van der Waals surface area (Å²) in [5, 5.41) is 12.3. The molecular formula is C16H24N4. The van der Waals surface area contributed by atoms with Crippen molar-refractivity contribution in [3.8, 4) is 6.07 Å². The van der Waals surface area contributed by atoms with E-state index >= 15 is 0 Å². The van der Waals surface area contributed by atoms with Gasteiger partial charge in [-0.3, -0.25) is 0 Å². The molecule has 1 fully saturated rings. The van der Waals surface area contributed by atoms with Gasteiger partial charge in [0, 0.05) is 32.7 Å². The van der Waals surface area contributed by atoms with Gasteiger partial charge >= 0.3 is 0 Å². The van der Waals surface area contributed by atoms with Gasteiger partial charge in [-0.05, 0) is 44.3 Å². The molecule has 1 aliphatic rings. The molecule has 1 saturated heterocycles. The fourth-order valence-electron chi connectivity index (χ4n) is 2.48. The maximum atomic E-state index is 8.86. The fraction of sp³-hybridized carbons (Fsp3) is 0.562. The van der Waals surface area contributed by atoms with Gasteiger partial charge in [-0.2, -0.15) is 5.26 Å². The lowest BCUT2D eigenvalue weighted by Gasteiger charge is -2.32. The zero-order valence-electron chi connectivity index (χ0n) is 12.3. The molecular weight excluding hydrogens is 248 g/mol. The van der Waals surface area contributed by atoms with Crippen molar-refractivity contribution in [3.05, 3.63) is 35.4 Å². The topological polar surface area (TPSA) is 42.3 Å². The summed E-state index contributed by atoms with van der Waals surface area (Å²) in [7, 11) is 2.19. The predicted molar refractivity (Wildman–Crippen MR) is 81.4 cm³/mol. The summed E-state index contributed by atoms with van der Waals surface area (Å²) >= 11 is 0. The lowest BCUT2D eigenvalue weighted by Crippen LogP contribution is -2.45. The van der Waals surface area contributed by atoms with Crippen LogP contribution in [0.15, 0.2) is 24.3 Å². The summed E-state index contributed by atoms with van der Waals surface area (Å²) in [5.74, 6) is 0. The van der Waals surface area contributed by atoms with Crippen molar-refractivity contribution in [2.24, 2.45) is 0 Å². The van der Waals surface area contributed by atoms with Crippen LogP contribution in [0.5, 0.6) is 0 Å². The molecule has 2 rings (SSSR count). The third-order valence-electron chi connectivity index (χ3n) is 3.81. The van der Waals surface area contributed by atoms with Crippen molar-refractivity contribution in [2.75, 3.05) is 46.3 Å². The Balaban J connectivity index is 1.58. The number of nitrogens with zero attached hydrogens (tertiary/aromatic N) is 3. The van der Waals surface area contributed by atoms with Crippen LogP contribution in [-0.2, 0) is 6.54 Å². The van der Waals surface area contributed by atoms with Gasteiger partial charge in [0.1, 0.15) is 0 Å². The molecule has 4 nitrogen and oxygen atoms in total. The summed E-state index contributed by atoms with van der Waals surface area (Å²) in [6.07, 6.45) is 1.18. The Hall–Kier alpha value is -1.41. The number of hydrogen-bond donors (Lipinski definition) is 1. The van der Waals surface area contributed by atoms with Gasteiger partial charge < -0.3 is 15.1 Å². The second-order valence-electron chi connectivity index (χ2n) is 5.49. The molecule has 1 aliphatic heterocycles. The number of likely N-dealkylation sites (N-methyl/N-ethyl adjacent to an activating group) is 1. The SMILES string of the molecule is CN1CCN(CCCNCc2cccc(C#N)c2)CC1. The summed E-state index contributed by atoms with van der Waals surface area (Å²) in [5.41, 5.74) is 1.92. The van der Waals surface area contributed by atoms with E-state index in [0.717, 1.165) is 18.7 Å². The average Bonchev–Trinajstić information content (AvgIpc) is 2.49. The van der Waals surface area contributed by atoms with Crippen LogP contribution in [0.3, 0.4) is 0 Å². The number of hydrogen-bond acceptors (Lipinski definition) is 4. The predicted octanol–water partition coefficient (Wildman–Crippen LogP) is 1.29. The molecule has 0 spiro atoms. The summed E-state index contributed by atoms with van der Waals surface area (Å²) in [6, 6.07) is 9.98. The summed E-state index contributed by atoms with van der Waals surface area (Å²) < 4.78 is 0. The average molecular weight is 272 g/mol. The first-order chi connectivity index (χ1) is 9.78. The standard InChI is InChI=1S/C16H24N4/c1-19-8-10-20(11-9-19)7-3-6-18-14-16-5-2-4-15(12-16)13-17/h2,4-5,12,18H,3,6-11,14H2,1H3. The number of nitriles is 1. The molecule has 0 aromatic heterocycles. The molecule has 20 heavy (non-hydrogen) atoms. The van der Waals surface area contributed by atoms with Gasteiger partial charge in [0.25, 0.3) is 0 Å². The van der Waals surface area contributed by atoms with Gasteiger partial charge in [0.05, 0.1) is 11.6 Å². The molecule has 1 aromatic carbocycles. The van der Waals surface area contributed by atoms with Gasteiger partial charge in [-0.25, -0.2) is 0 Å². The Labute approximate surface area is 122 Å². The van der Waals surface area contributed by atoms with Gasteiger partial charge in [-0.1, -0.05) is 12.1 Å². The van der Waals surface area contributed by atoms with Gasteiger partial charge in [0.2, 0.25) is 0 Å². The smallest absolute Gasteiger partial charge is 0.0991 e. The number of piperazine rings is 1. The van der Waals surface area contributed by atoms with Crippen molar-refractivity contribution in [1.82, 2.24) is 15.1 Å². The Kier molecular flexibility index (Phi) is 6.00. The molecule has 1 aromatic rings. The normalized spacial score (nSPS) is 17.0. The summed E-state index contributed by atoms with van der Waals surface area (Å²) in [6.45, 7) is 7.82. The highest BCUT2D eigenvalue weighted by atomic mass is 15.2. The van der Waals surface area contributed by atoms with Crippen LogP contribution in [0.25, 0.3) is 0 Å². The highest BCUT2D eigenvalue weighted by Gasteiger charge is 2.12. The van der Waals surface area contributed by atoms with E-state index in [1.165, 1.54) is 44.7 Å². The zero-order valence-corrected chi connectivity index (χ0v) is 12.3. The number of nitrogens with one attached hydrogen (secondary N) is 1. The minimum Gasteiger partial charge on any atom is -0.313 e. The first kappa shape index (κ1) is 15.0. The van der Waals surface area contributed by atoms with E-state index in [9.17, 15) is 0 Å². The lowest BCUT2D eigenvalue weighted by atomic mass is 10.1. The van der Waals surface area contributed by atoms with Crippen LogP contribution in [0.4, 0.5) is 0 Å². The minimum atomic E-state index is 0.738. The molecule has 0 unspecified atom stereocenters. The molecule has 4 heteroatoms. The van der Waals surface area contributed by atoms with Crippen molar-refractivity contribution in [2.45, 2.75) is 13.0 Å². The molecule has 0 aliphatic carbocycles. The Morgan fingerprint density at radius 3 is 2.80 bits per heavy atom. The molecule has 0 saturated carbocycles. The zero-order chi connectivity index (χ0) is 14.2. The van der Waals surface area contributed by atoms with Crippen LogP contribution >= 0.6 is 0 Å². The van der Waals surface area contributed by atoms with E-state index < -0.39 is 0 Å². The van der Waals surface area contributed by atoms with E-state index in [1.54, 1.807) is 0 Å². The highest BCUT2D eigenvalue weighted by molar-refractivity contribution is 5.32. The maximum absolute atomic E-state index is 8.86. The van der Waals surface area contributed by atoms with Crippen LogP contribution in [0.1, 0.15) is 17.5 Å². The first-order valence-corrected chi connectivity index (χ1v) is 7.38. The molecule has 108 valence electrons. The van der Waals surface area contributed by atoms with Crippen LogP contribution in [0, 0.1) is 11.3 Å². The molecule has 1 heterocycles. The number of benzene rings is 1. The van der Waals surface area contributed by atoms with E-state index in [1.807, 2.05) is 18.2 Å².